The molecule has 6 nitrogen and oxygen atoms in total. The summed E-state index contributed by atoms with van der Waals surface area (Å²) >= 11 is 0. The van der Waals surface area contributed by atoms with E-state index in [0.29, 0.717) is 11.3 Å². The van der Waals surface area contributed by atoms with Gasteiger partial charge in [0.25, 0.3) is 5.91 Å². The molecular weight excluding hydrogens is 326 g/mol. The van der Waals surface area contributed by atoms with Crippen LogP contribution in [0.2, 0.25) is 0 Å². The number of carbonyl (C=O) groups excluding carboxylic acids is 1. The summed E-state index contributed by atoms with van der Waals surface area (Å²) in [5.41, 5.74) is 4.44. The zero-order chi connectivity index (χ0) is 18.1. The van der Waals surface area contributed by atoms with Crippen molar-refractivity contribution in [3.05, 3.63) is 83.4 Å². The van der Waals surface area contributed by atoms with Crippen molar-refractivity contribution in [3.63, 3.8) is 0 Å². The van der Waals surface area contributed by atoms with Gasteiger partial charge in [-0.3, -0.25) is 14.5 Å². The Bertz CT molecular complexity index is 1020. The molecular formula is C20H17N5O. The van der Waals surface area contributed by atoms with E-state index in [-0.39, 0.29) is 5.91 Å². The summed E-state index contributed by atoms with van der Waals surface area (Å²) in [6.07, 6.45) is 5.24. The van der Waals surface area contributed by atoms with Crippen LogP contribution in [0.25, 0.3) is 6.08 Å². The predicted octanol–water partition coefficient (Wildman–Crippen LogP) is 2.96. The van der Waals surface area contributed by atoms with Crippen LogP contribution in [-0.2, 0) is 11.8 Å². The zero-order valence-corrected chi connectivity index (χ0v) is 14.5. The molecule has 0 aliphatic carbocycles. The number of hydrogen-bond donors (Lipinski definition) is 0. The number of anilines is 1. The number of hydrazone groups is 1. The van der Waals surface area contributed by atoms with Gasteiger partial charge in [-0.2, -0.15) is 15.2 Å². The Balaban J connectivity index is 1.86. The smallest absolute Gasteiger partial charge is 0.267 e. The van der Waals surface area contributed by atoms with E-state index in [2.05, 4.69) is 15.2 Å². The predicted molar refractivity (Wildman–Crippen MR) is 101 cm³/mol. The lowest BCUT2D eigenvalue weighted by atomic mass is 10.0. The van der Waals surface area contributed by atoms with Gasteiger partial charge in [0, 0.05) is 19.4 Å². The van der Waals surface area contributed by atoms with Crippen LogP contribution in [0.15, 0.2) is 71.6 Å². The van der Waals surface area contributed by atoms with Gasteiger partial charge in [-0.15, -0.1) is 0 Å². The van der Waals surface area contributed by atoms with Gasteiger partial charge in [-0.25, -0.2) is 0 Å². The highest BCUT2D eigenvalue weighted by Crippen LogP contribution is 2.27. The molecule has 0 unspecified atom stereocenters. The van der Waals surface area contributed by atoms with Crippen LogP contribution in [-0.4, -0.2) is 26.4 Å². The van der Waals surface area contributed by atoms with Gasteiger partial charge < -0.3 is 0 Å². The molecule has 128 valence electrons. The first-order chi connectivity index (χ1) is 12.6. The largest absolute Gasteiger partial charge is 0.281 e. The average molecular weight is 343 g/mol. The van der Waals surface area contributed by atoms with Gasteiger partial charge in [-0.1, -0.05) is 18.2 Å². The van der Waals surface area contributed by atoms with Crippen LogP contribution >= 0.6 is 0 Å². The third-order valence-electron chi connectivity index (χ3n) is 4.14. The van der Waals surface area contributed by atoms with Gasteiger partial charge in [0.1, 0.15) is 5.71 Å². The second-order valence-electron chi connectivity index (χ2n) is 6.03. The summed E-state index contributed by atoms with van der Waals surface area (Å²) in [5.74, 6) is -0.165. The normalized spacial score (nSPS) is 15.6. The van der Waals surface area contributed by atoms with E-state index >= 15 is 0 Å². The van der Waals surface area contributed by atoms with E-state index in [1.165, 1.54) is 5.01 Å². The molecule has 1 aliphatic rings. The van der Waals surface area contributed by atoms with Crippen molar-refractivity contribution in [1.82, 2.24) is 14.8 Å². The van der Waals surface area contributed by atoms with Gasteiger partial charge >= 0.3 is 0 Å². The molecule has 0 fully saturated rings. The molecule has 3 aromatic rings. The average Bonchev–Trinajstić information content (AvgIpc) is 3.16. The van der Waals surface area contributed by atoms with Crippen LogP contribution in [0.4, 0.5) is 5.69 Å². The summed E-state index contributed by atoms with van der Waals surface area (Å²) in [6, 6.07) is 15.1. The Morgan fingerprint density at radius 1 is 1.04 bits per heavy atom. The minimum Gasteiger partial charge on any atom is -0.267 e. The summed E-state index contributed by atoms with van der Waals surface area (Å²) in [6.45, 7) is 1.92. The number of nitrogens with zero attached hydrogens (tertiary/aromatic N) is 5. The van der Waals surface area contributed by atoms with E-state index < -0.39 is 0 Å². The topological polar surface area (TPSA) is 63.4 Å². The van der Waals surface area contributed by atoms with Crippen molar-refractivity contribution in [2.75, 3.05) is 5.01 Å². The fourth-order valence-electron chi connectivity index (χ4n) is 2.94. The number of rotatable bonds is 3. The highest BCUT2D eigenvalue weighted by molar-refractivity contribution is 6.37. The maximum Gasteiger partial charge on any atom is 0.281 e. The second kappa shape index (κ2) is 6.40. The number of pyridine rings is 1. The molecule has 1 aliphatic heterocycles. The SMILES string of the molecule is Cc1cc(C2=NN(c3ccccc3)C(=O)/C2=C/c2ccncc2)n(C)n1. The number of aromatic nitrogens is 3. The number of carbonyl (C=O) groups is 1. The quantitative estimate of drug-likeness (QED) is 0.687. The summed E-state index contributed by atoms with van der Waals surface area (Å²) < 4.78 is 1.75. The lowest BCUT2D eigenvalue weighted by Crippen LogP contribution is -2.21. The van der Waals surface area contributed by atoms with Crippen molar-refractivity contribution in [3.8, 4) is 0 Å². The molecule has 0 atom stereocenters. The number of hydrogen-bond acceptors (Lipinski definition) is 4. The van der Waals surface area contributed by atoms with Crippen LogP contribution in [0, 0.1) is 6.92 Å². The monoisotopic (exact) mass is 343 g/mol. The molecule has 0 spiro atoms. The van der Waals surface area contributed by atoms with Crippen LogP contribution < -0.4 is 5.01 Å². The van der Waals surface area contributed by atoms with Crippen molar-refractivity contribution in [2.24, 2.45) is 12.1 Å². The molecule has 3 heterocycles. The van der Waals surface area contributed by atoms with Gasteiger partial charge in [0.2, 0.25) is 0 Å². The van der Waals surface area contributed by atoms with Gasteiger partial charge in [-0.05, 0) is 48.9 Å². The Kier molecular flexibility index (Phi) is 3.93. The van der Waals surface area contributed by atoms with Crippen LogP contribution in [0.1, 0.15) is 17.0 Å². The second-order valence-corrected chi connectivity index (χ2v) is 6.03. The maximum absolute atomic E-state index is 13.1. The van der Waals surface area contributed by atoms with E-state index in [0.717, 1.165) is 22.6 Å². The highest BCUT2D eigenvalue weighted by Gasteiger charge is 2.33. The van der Waals surface area contributed by atoms with Crippen molar-refractivity contribution in [2.45, 2.75) is 6.92 Å². The number of para-hydroxylation sites is 1. The summed E-state index contributed by atoms with van der Waals surface area (Å²) in [7, 11) is 1.85. The molecule has 0 radical (unpaired) electrons. The van der Waals surface area contributed by atoms with Crippen molar-refractivity contribution >= 4 is 23.4 Å². The Labute approximate surface area is 151 Å². The maximum atomic E-state index is 13.1. The first-order valence-electron chi connectivity index (χ1n) is 8.25. The molecule has 0 N–H and O–H groups in total. The molecule has 26 heavy (non-hydrogen) atoms. The van der Waals surface area contributed by atoms with Crippen LogP contribution in [0.3, 0.4) is 0 Å². The molecule has 1 amide bonds. The molecule has 0 saturated heterocycles. The van der Waals surface area contributed by atoms with Crippen LogP contribution in [0.5, 0.6) is 0 Å². The van der Waals surface area contributed by atoms with Crippen molar-refractivity contribution in [1.29, 1.82) is 0 Å². The third-order valence-corrected chi connectivity index (χ3v) is 4.14. The minimum absolute atomic E-state index is 0.165. The Morgan fingerprint density at radius 3 is 2.42 bits per heavy atom. The van der Waals surface area contributed by atoms with Gasteiger partial charge in [0.15, 0.2) is 0 Å². The van der Waals surface area contributed by atoms with E-state index in [9.17, 15) is 4.79 Å². The highest BCUT2D eigenvalue weighted by atomic mass is 16.2. The fraction of sp³-hybridized carbons (Fsp3) is 0.100. The third kappa shape index (κ3) is 2.82. The Morgan fingerprint density at radius 2 is 1.77 bits per heavy atom. The molecule has 0 saturated carbocycles. The van der Waals surface area contributed by atoms with Gasteiger partial charge in [0.05, 0.1) is 22.6 Å². The lowest BCUT2D eigenvalue weighted by Gasteiger charge is -2.10. The molecule has 1 aromatic carbocycles. The minimum atomic E-state index is -0.165. The molecule has 2 aromatic heterocycles. The first-order valence-corrected chi connectivity index (χ1v) is 8.25. The summed E-state index contributed by atoms with van der Waals surface area (Å²) in [4.78, 5) is 17.1. The molecule has 0 bridgehead atoms. The van der Waals surface area contributed by atoms with Crippen molar-refractivity contribution < 1.29 is 4.79 Å². The zero-order valence-electron chi connectivity index (χ0n) is 14.5. The molecule has 4 rings (SSSR count). The van der Waals surface area contributed by atoms with E-state index in [1.807, 2.05) is 68.6 Å². The Hall–Kier alpha value is -3.54. The number of amides is 1. The fourth-order valence-corrected chi connectivity index (χ4v) is 2.94. The lowest BCUT2D eigenvalue weighted by molar-refractivity contribution is -0.114. The van der Waals surface area contributed by atoms with E-state index in [1.54, 1.807) is 17.1 Å². The number of benzene rings is 1. The molecule has 6 heteroatoms. The number of aryl methyl sites for hydroxylation is 2. The first kappa shape index (κ1) is 16.0. The standard InChI is InChI=1S/C20H17N5O/c1-14-12-18(24(2)22-14)19-17(13-15-8-10-21-11-9-15)20(26)25(23-19)16-6-4-3-5-7-16/h3-13H,1-2H3/b17-13+. The van der Waals surface area contributed by atoms with E-state index in [4.69, 9.17) is 0 Å². The summed E-state index contributed by atoms with van der Waals surface area (Å²) in [5, 5.41) is 10.4.